The third-order valence-electron chi connectivity index (χ3n) is 3.29. The molecule has 2 aromatic carbocycles. The predicted molar refractivity (Wildman–Crippen MR) is 92.7 cm³/mol. The summed E-state index contributed by atoms with van der Waals surface area (Å²) in [5.41, 5.74) is 7.03. The first-order valence-corrected chi connectivity index (χ1v) is 7.20. The zero-order chi connectivity index (χ0) is 18.7. The Labute approximate surface area is 145 Å². The maximum absolute atomic E-state index is 11.1. The minimum atomic E-state index is -0.733. The van der Waals surface area contributed by atoms with Crippen LogP contribution in [0.3, 0.4) is 0 Å². The molecule has 1 aromatic heterocycles. The van der Waals surface area contributed by atoms with Crippen molar-refractivity contribution in [2.24, 2.45) is 0 Å². The molecule has 3 aromatic rings. The van der Waals surface area contributed by atoms with Crippen molar-refractivity contribution in [1.29, 1.82) is 0 Å². The zero-order valence-corrected chi connectivity index (χ0v) is 13.1. The van der Waals surface area contributed by atoms with Gasteiger partial charge in [-0.3, -0.25) is 10.1 Å². The lowest BCUT2D eigenvalue weighted by Gasteiger charge is -2.04. The Hall–Kier alpha value is -4.15. The fourth-order valence-electron chi connectivity index (χ4n) is 2.06. The fourth-order valence-corrected chi connectivity index (χ4v) is 2.06. The average Bonchev–Trinajstić information content (AvgIpc) is 2.62. The lowest BCUT2D eigenvalue weighted by Crippen LogP contribution is -2.05. The number of benzene rings is 2. The summed E-state index contributed by atoms with van der Waals surface area (Å²) in [4.78, 5) is 32.2. The summed E-state index contributed by atoms with van der Waals surface area (Å²) in [5.74, 6) is -0.597. The fraction of sp³-hybridized carbons (Fsp3) is 0. The Morgan fingerprint density at radius 2 is 1.50 bits per heavy atom. The van der Waals surface area contributed by atoms with Gasteiger partial charge in [0.1, 0.15) is 0 Å². The van der Waals surface area contributed by atoms with E-state index in [1.807, 2.05) is 0 Å². The molecule has 0 aliphatic carbocycles. The van der Waals surface area contributed by atoms with Crippen molar-refractivity contribution >= 4 is 29.0 Å². The van der Waals surface area contributed by atoms with Crippen LogP contribution < -0.4 is 11.1 Å². The number of rotatable bonds is 5. The zero-order valence-electron chi connectivity index (χ0n) is 13.1. The van der Waals surface area contributed by atoms with E-state index in [-0.39, 0.29) is 17.5 Å². The average molecular weight is 353 g/mol. The van der Waals surface area contributed by atoms with Gasteiger partial charge in [0.25, 0.3) is 5.69 Å². The number of hydrogen-bond acceptors (Lipinski definition) is 9. The first-order chi connectivity index (χ1) is 12.4. The molecule has 11 heteroatoms. The van der Waals surface area contributed by atoms with E-state index < -0.39 is 15.8 Å². The molecule has 0 aliphatic heterocycles. The molecule has 0 saturated carbocycles. The third kappa shape index (κ3) is 3.67. The molecule has 0 aliphatic rings. The lowest BCUT2D eigenvalue weighted by atomic mass is 10.2. The summed E-state index contributed by atoms with van der Waals surface area (Å²) < 4.78 is 0. The maximum Gasteiger partial charge on any atom is 0.474 e. The van der Waals surface area contributed by atoms with Crippen LogP contribution in [0.2, 0.25) is 0 Å². The number of nitro groups is 2. The van der Waals surface area contributed by atoms with E-state index in [0.29, 0.717) is 16.9 Å². The monoisotopic (exact) mass is 353 g/mol. The van der Waals surface area contributed by atoms with Crippen LogP contribution in [0.15, 0.2) is 48.5 Å². The largest absolute Gasteiger partial charge is 0.474 e. The van der Waals surface area contributed by atoms with Crippen LogP contribution in [0.4, 0.5) is 29.0 Å². The molecule has 0 bridgehead atoms. The minimum absolute atomic E-state index is 0.0626. The van der Waals surface area contributed by atoms with Crippen molar-refractivity contribution in [3.8, 4) is 11.4 Å². The van der Waals surface area contributed by atoms with Crippen LogP contribution in [-0.2, 0) is 0 Å². The summed E-state index contributed by atoms with van der Waals surface area (Å²) in [6, 6.07) is 12.0. The second-order valence-corrected chi connectivity index (χ2v) is 5.09. The summed E-state index contributed by atoms with van der Waals surface area (Å²) >= 11 is 0. The summed E-state index contributed by atoms with van der Waals surface area (Å²) in [7, 11) is 0. The van der Waals surface area contributed by atoms with E-state index in [1.165, 1.54) is 24.3 Å². The highest BCUT2D eigenvalue weighted by atomic mass is 16.6. The van der Waals surface area contributed by atoms with Crippen molar-refractivity contribution in [1.82, 2.24) is 15.0 Å². The highest BCUT2D eigenvalue weighted by molar-refractivity contribution is 5.62. The first kappa shape index (κ1) is 16.7. The van der Waals surface area contributed by atoms with E-state index in [2.05, 4.69) is 20.3 Å². The van der Waals surface area contributed by atoms with Gasteiger partial charge in [-0.05, 0) is 51.3 Å². The molecule has 11 nitrogen and oxygen atoms in total. The summed E-state index contributed by atoms with van der Waals surface area (Å²) in [6.45, 7) is 0. The number of non-ortho nitro benzene ring substituents is 1. The first-order valence-electron chi connectivity index (χ1n) is 7.20. The van der Waals surface area contributed by atoms with E-state index in [1.54, 1.807) is 24.3 Å². The van der Waals surface area contributed by atoms with Gasteiger partial charge in [-0.15, -0.1) is 0 Å². The van der Waals surface area contributed by atoms with Gasteiger partial charge in [-0.2, -0.15) is 4.98 Å². The van der Waals surface area contributed by atoms with E-state index >= 15 is 0 Å². The molecule has 0 fully saturated rings. The number of nitrogen functional groups attached to an aromatic ring is 1. The number of nitrogens with two attached hydrogens (primary N) is 1. The number of anilines is 3. The van der Waals surface area contributed by atoms with Gasteiger partial charge in [-0.25, -0.2) is 0 Å². The van der Waals surface area contributed by atoms with Crippen LogP contribution in [0.1, 0.15) is 0 Å². The smallest absolute Gasteiger partial charge is 0.399 e. The molecule has 3 N–H and O–H groups in total. The second-order valence-electron chi connectivity index (χ2n) is 5.09. The van der Waals surface area contributed by atoms with Gasteiger partial charge >= 0.3 is 11.9 Å². The number of aromatic nitrogens is 3. The number of nitrogens with one attached hydrogen (secondary N) is 1. The van der Waals surface area contributed by atoms with Crippen molar-refractivity contribution in [3.63, 3.8) is 0 Å². The van der Waals surface area contributed by atoms with Gasteiger partial charge in [0, 0.05) is 29.1 Å². The van der Waals surface area contributed by atoms with Crippen molar-refractivity contribution in [2.45, 2.75) is 0 Å². The number of nitrogens with zero attached hydrogens (tertiary/aromatic N) is 5. The van der Waals surface area contributed by atoms with Crippen LogP contribution in [0.5, 0.6) is 0 Å². The molecule has 0 unspecified atom stereocenters. The molecule has 130 valence electrons. The molecule has 3 rings (SSSR count). The second kappa shape index (κ2) is 6.76. The molecule has 0 spiro atoms. The molecular weight excluding hydrogens is 342 g/mol. The Balaban J connectivity index is 1.96. The van der Waals surface area contributed by atoms with E-state index in [0.717, 1.165) is 0 Å². The van der Waals surface area contributed by atoms with Crippen LogP contribution in [0, 0.1) is 20.2 Å². The van der Waals surface area contributed by atoms with E-state index in [9.17, 15) is 20.2 Å². The predicted octanol–water partition coefficient (Wildman–Crippen LogP) is 2.68. The molecule has 0 atom stereocenters. The molecular formula is C15H11N7O4. The minimum Gasteiger partial charge on any atom is -0.399 e. The normalized spacial score (nSPS) is 10.3. The summed E-state index contributed by atoms with van der Waals surface area (Å²) in [6.07, 6.45) is 0. The van der Waals surface area contributed by atoms with Crippen LogP contribution in [-0.4, -0.2) is 24.8 Å². The molecule has 26 heavy (non-hydrogen) atoms. The number of nitro benzene ring substituents is 1. The van der Waals surface area contributed by atoms with Crippen molar-refractivity contribution < 1.29 is 9.85 Å². The van der Waals surface area contributed by atoms with Crippen LogP contribution in [0.25, 0.3) is 11.4 Å². The quantitative estimate of drug-likeness (QED) is 0.398. The molecule has 1 heterocycles. The Morgan fingerprint density at radius 3 is 2.08 bits per heavy atom. The van der Waals surface area contributed by atoms with Gasteiger partial charge in [0.05, 0.1) is 4.92 Å². The van der Waals surface area contributed by atoms with Gasteiger partial charge in [0.15, 0.2) is 0 Å². The Kier molecular flexibility index (Phi) is 4.34. The van der Waals surface area contributed by atoms with Gasteiger partial charge < -0.3 is 21.2 Å². The molecule has 0 saturated heterocycles. The standard InChI is InChI=1S/C15H11N7O4/c16-10-3-1-9(2-4-10)13-18-14(20-15(19-13)22(25)26)17-11-5-7-12(8-6-11)21(23)24/h1-8H,16H2,(H,17,18,19,20). The van der Waals surface area contributed by atoms with Gasteiger partial charge in [-0.1, -0.05) is 0 Å². The highest BCUT2D eigenvalue weighted by Crippen LogP contribution is 2.23. The van der Waals surface area contributed by atoms with Crippen molar-refractivity contribution in [2.75, 3.05) is 11.1 Å². The van der Waals surface area contributed by atoms with Crippen molar-refractivity contribution in [3.05, 3.63) is 68.8 Å². The lowest BCUT2D eigenvalue weighted by molar-refractivity contribution is -0.394. The van der Waals surface area contributed by atoms with Gasteiger partial charge in [0.2, 0.25) is 5.82 Å². The summed E-state index contributed by atoms with van der Waals surface area (Å²) in [5, 5.41) is 24.5. The topological polar surface area (TPSA) is 163 Å². The highest BCUT2D eigenvalue weighted by Gasteiger charge is 2.19. The molecule has 0 radical (unpaired) electrons. The SMILES string of the molecule is Nc1ccc(-c2nc(Nc3ccc([N+](=O)[O-])cc3)nc([N+](=O)[O-])n2)cc1. The molecule has 0 amide bonds. The maximum atomic E-state index is 11.1. The third-order valence-corrected chi connectivity index (χ3v) is 3.29. The number of hydrogen-bond donors (Lipinski definition) is 2. The van der Waals surface area contributed by atoms with Crippen LogP contribution >= 0.6 is 0 Å². The van der Waals surface area contributed by atoms with E-state index in [4.69, 9.17) is 5.73 Å². The Morgan fingerprint density at radius 1 is 0.846 bits per heavy atom. The Bertz CT molecular complexity index is 974.